The highest BCUT2D eigenvalue weighted by molar-refractivity contribution is 7.90. The van der Waals surface area contributed by atoms with E-state index in [1.165, 1.54) is 10.4 Å². The van der Waals surface area contributed by atoms with E-state index in [2.05, 4.69) is 4.72 Å². The third-order valence-corrected chi connectivity index (χ3v) is 5.12. The summed E-state index contributed by atoms with van der Waals surface area (Å²) in [5, 5.41) is 0.418. The molecule has 5 nitrogen and oxygen atoms in total. The number of anilines is 1. The van der Waals surface area contributed by atoms with Crippen molar-refractivity contribution in [2.45, 2.75) is 19.3 Å². The summed E-state index contributed by atoms with van der Waals surface area (Å²) in [5.41, 5.74) is 6.38. The van der Waals surface area contributed by atoms with Crippen LogP contribution in [0.5, 0.6) is 0 Å². The molecule has 20 heavy (non-hydrogen) atoms. The van der Waals surface area contributed by atoms with Crippen molar-refractivity contribution in [2.75, 3.05) is 17.8 Å². The van der Waals surface area contributed by atoms with Crippen molar-refractivity contribution in [3.8, 4) is 0 Å². The molecule has 0 bridgehead atoms. The van der Waals surface area contributed by atoms with Crippen molar-refractivity contribution >= 4 is 44.7 Å². The molecule has 1 aromatic carbocycles. The van der Waals surface area contributed by atoms with E-state index in [-0.39, 0.29) is 4.99 Å². The SMILES string of the molecule is NC(=S)c1ccc(Cl)cc1NS(=O)(=O)N1CCCCC1. The Morgan fingerprint density at radius 2 is 1.95 bits per heavy atom. The van der Waals surface area contributed by atoms with Gasteiger partial charge in [-0.25, -0.2) is 0 Å². The van der Waals surface area contributed by atoms with E-state index in [0.29, 0.717) is 29.4 Å². The molecule has 1 aliphatic heterocycles. The van der Waals surface area contributed by atoms with Crippen LogP contribution in [0, 0.1) is 0 Å². The maximum atomic E-state index is 12.3. The van der Waals surface area contributed by atoms with Crippen LogP contribution in [0.15, 0.2) is 18.2 Å². The Labute approximate surface area is 129 Å². The van der Waals surface area contributed by atoms with Gasteiger partial charge < -0.3 is 5.73 Å². The molecule has 1 aromatic rings. The van der Waals surface area contributed by atoms with Crippen LogP contribution in [-0.4, -0.2) is 30.8 Å². The van der Waals surface area contributed by atoms with Gasteiger partial charge in [0, 0.05) is 23.7 Å². The largest absolute Gasteiger partial charge is 0.389 e. The number of benzene rings is 1. The lowest BCUT2D eigenvalue weighted by molar-refractivity contribution is 0.349. The number of rotatable bonds is 4. The lowest BCUT2D eigenvalue weighted by Gasteiger charge is -2.26. The third kappa shape index (κ3) is 3.60. The van der Waals surface area contributed by atoms with Gasteiger partial charge in [-0.15, -0.1) is 0 Å². The minimum absolute atomic E-state index is 0.123. The van der Waals surface area contributed by atoms with Gasteiger partial charge >= 0.3 is 10.2 Å². The molecule has 0 amide bonds. The molecule has 2 rings (SSSR count). The Morgan fingerprint density at radius 3 is 2.55 bits per heavy atom. The Hall–Kier alpha value is -0.890. The molecule has 8 heteroatoms. The molecular formula is C12H16ClN3O2S2. The first-order chi connectivity index (χ1) is 9.40. The maximum absolute atomic E-state index is 12.3. The smallest absolute Gasteiger partial charge is 0.301 e. The Morgan fingerprint density at radius 1 is 1.30 bits per heavy atom. The first kappa shape index (κ1) is 15.5. The lowest BCUT2D eigenvalue weighted by atomic mass is 10.2. The van der Waals surface area contributed by atoms with Crippen LogP contribution in [-0.2, 0) is 10.2 Å². The zero-order chi connectivity index (χ0) is 14.8. The third-order valence-electron chi connectivity index (χ3n) is 3.14. The molecule has 0 spiro atoms. The van der Waals surface area contributed by atoms with E-state index >= 15 is 0 Å². The summed E-state index contributed by atoms with van der Waals surface area (Å²) in [6.07, 6.45) is 2.80. The molecule has 0 atom stereocenters. The van der Waals surface area contributed by atoms with Crippen LogP contribution in [0.1, 0.15) is 24.8 Å². The molecule has 1 fully saturated rings. The van der Waals surface area contributed by atoms with Crippen LogP contribution in [0.25, 0.3) is 0 Å². The molecular weight excluding hydrogens is 318 g/mol. The first-order valence-electron chi connectivity index (χ1n) is 6.27. The van der Waals surface area contributed by atoms with E-state index in [0.717, 1.165) is 19.3 Å². The van der Waals surface area contributed by atoms with Crippen molar-refractivity contribution in [1.82, 2.24) is 4.31 Å². The van der Waals surface area contributed by atoms with Gasteiger partial charge in [0.15, 0.2) is 0 Å². The molecule has 0 aromatic heterocycles. The summed E-state index contributed by atoms with van der Waals surface area (Å²) in [4.78, 5) is 0.123. The van der Waals surface area contributed by atoms with Crippen molar-refractivity contribution in [2.24, 2.45) is 5.73 Å². The van der Waals surface area contributed by atoms with Gasteiger partial charge in [-0.2, -0.15) is 12.7 Å². The normalized spacial score (nSPS) is 16.9. The summed E-state index contributed by atoms with van der Waals surface area (Å²) >= 11 is 10.8. The van der Waals surface area contributed by atoms with Crippen molar-refractivity contribution in [3.05, 3.63) is 28.8 Å². The van der Waals surface area contributed by atoms with E-state index in [1.807, 2.05) is 0 Å². The molecule has 1 saturated heterocycles. The summed E-state index contributed by atoms with van der Waals surface area (Å²) in [6.45, 7) is 1.05. The number of thiocarbonyl (C=S) groups is 1. The highest BCUT2D eigenvalue weighted by Crippen LogP contribution is 2.24. The number of nitrogens with two attached hydrogens (primary N) is 1. The molecule has 1 aliphatic rings. The quantitative estimate of drug-likeness (QED) is 0.828. The fourth-order valence-corrected chi connectivity index (χ4v) is 3.79. The Balaban J connectivity index is 2.28. The second kappa shape index (κ2) is 6.26. The molecule has 1 heterocycles. The fourth-order valence-electron chi connectivity index (χ4n) is 2.12. The second-order valence-corrected chi connectivity index (χ2v) is 7.17. The summed E-state index contributed by atoms with van der Waals surface area (Å²) in [7, 11) is -3.60. The molecule has 3 N–H and O–H groups in total. The molecule has 0 saturated carbocycles. The zero-order valence-corrected chi connectivity index (χ0v) is 13.2. The highest BCUT2D eigenvalue weighted by atomic mass is 35.5. The Kier molecular flexibility index (Phi) is 4.85. The average molecular weight is 334 g/mol. The predicted octanol–water partition coefficient (Wildman–Crippen LogP) is 2.12. The van der Waals surface area contributed by atoms with Crippen molar-refractivity contribution in [1.29, 1.82) is 0 Å². The zero-order valence-electron chi connectivity index (χ0n) is 10.8. The van der Waals surface area contributed by atoms with Gasteiger partial charge in [-0.1, -0.05) is 30.2 Å². The number of piperidine rings is 1. The minimum Gasteiger partial charge on any atom is -0.389 e. The number of halogens is 1. The first-order valence-corrected chi connectivity index (χ1v) is 8.50. The van der Waals surface area contributed by atoms with Crippen molar-refractivity contribution < 1.29 is 8.42 Å². The van der Waals surface area contributed by atoms with Crippen LogP contribution >= 0.6 is 23.8 Å². The minimum atomic E-state index is -3.60. The Bertz CT molecular complexity index is 613. The van der Waals surface area contributed by atoms with E-state index in [1.54, 1.807) is 12.1 Å². The van der Waals surface area contributed by atoms with Crippen LogP contribution in [0.2, 0.25) is 5.02 Å². The van der Waals surface area contributed by atoms with Gasteiger partial charge in [-0.05, 0) is 31.0 Å². The monoisotopic (exact) mass is 333 g/mol. The van der Waals surface area contributed by atoms with Gasteiger partial charge in [0.2, 0.25) is 0 Å². The molecule has 0 radical (unpaired) electrons. The summed E-state index contributed by atoms with van der Waals surface area (Å²) in [5.74, 6) is 0. The van der Waals surface area contributed by atoms with Crippen LogP contribution in [0.4, 0.5) is 5.69 Å². The predicted molar refractivity (Wildman–Crippen MR) is 85.3 cm³/mol. The van der Waals surface area contributed by atoms with Gasteiger partial charge in [0.25, 0.3) is 0 Å². The molecule has 110 valence electrons. The van der Waals surface area contributed by atoms with E-state index < -0.39 is 10.2 Å². The maximum Gasteiger partial charge on any atom is 0.301 e. The number of nitrogens with one attached hydrogen (secondary N) is 1. The standard InChI is InChI=1S/C12H16ClN3O2S2/c13-9-4-5-10(12(14)19)11(8-9)15-20(17,18)16-6-2-1-3-7-16/h4-5,8,15H,1-3,6-7H2,(H2,14,19). The topological polar surface area (TPSA) is 75.4 Å². The summed E-state index contributed by atoms with van der Waals surface area (Å²) in [6, 6.07) is 4.74. The van der Waals surface area contributed by atoms with E-state index in [9.17, 15) is 8.42 Å². The number of hydrogen-bond donors (Lipinski definition) is 2. The average Bonchev–Trinajstić information content (AvgIpc) is 2.39. The lowest BCUT2D eigenvalue weighted by Crippen LogP contribution is -2.39. The van der Waals surface area contributed by atoms with Gasteiger partial charge in [0.1, 0.15) is 4.99 Å². The van der Waals surface area contributed by atoms with E-state index in [4.69, 9.17) is 29.6 Å². The fraction of sp³-hybridized carbons (Fsp3) is 0.417. The summed E-state index contributed by atoms with van der Waals surface area (Å²) < 4.78 is 28.6. The second-order valence-electron chi connectivity index (χ2n) is 4.62. The van der Waals surface area contributed by atoms with Gasteiger partial charge in [0.05, 0.1) is 5.69 Å². The van der Waals surface area contributed by atoms with Crippen LogP contribution < -0.4 is 10.5 Å². The van der Waals surface area contributed by atoms with Gasteiger partial charge in [-0.3, -0.25) is 4.72 Å². The number of hydrogen-bond acceptors (Lipinski definition) is 3. The molecule has 0 aliphatic carbocycles. The highest BCUT2D eigenvalue weighted by Gasteiger charge is 2.24. The van der Waals surface area contributed by atoms with Crippen molar-refractivity contribution in [3.63, 3.8) is 0 Å². The molecule has 0 unspecified atom stereocenters. The van der Waals surface area contributed by atoms with Crippen LogP contribution in [0.3, 0.4) is 0 Å². The number of nitrogens with zero attached hydrogens (tertiary/aromatic N) is 1.